The fourth-order valence-electron chi connectivity index (χ4n) is 2.30. The van der Waals surface area contributed by atoms with Crippen LogP contribution in [0.5, 0.6) is 0 Å². The Morgan fingerprint density at radius 3 is 2.50 bits per heavy atom. The Morgan fingerprint density at radius 1 is 1.23 bits per heavy atom. The summed E-state index contributed by atoms with van der Waals surface area (Å²) in [4.78, 5) is 18.2. The topological polar surface area (TPSA) is 45.2 Å². The first-order chi connectivity index (χ1) is 10.5. The van der Waals surface area contributed by atoms with Gasteiger partial charge in [0.25, 0.3) is 0 Å². The molecule has 0 saturated carbocycles. The highest BCUT2D eigenvalue weighted by atomic mass is 35.5. The van der Waals surface area contributed by atoms with Gasteiger partial charge in [-0.3, -0.25) is 9.69 Å². The SMILES string of the molecule is Cc1cccc(C)c1NC(=O)CN(C)Cc1ccc(Cl)nc1. The van der Waals surface area contributed by atoms with Crippen LogP contribution < -0.4 is 5.32 Å². The van der Waals surface area contributed by atoms with Crippen LogP contribution in [0, 0.1) is 13.8 Å². The number of halogens is 1. The van der Waals surface area contributed by atoms with E-state index in [1.165, 1.54) is 0 Å². The number of carbonyl (C=O) groups is 1. The number of nitrogens with zero attached hydrogens (tertiary/aromatic N) is 2. The number of hydrogen-bond acceptors (Lipinski definition) is 3. The van der Waals surface area contributed by atoms with Crippen molar-refractivity contribution in [2.24, 2.45) is 0 Å². The predicted molar refractivity (Wildman–Crippen MR) is 90.1 cm³/mol. The molecule has 0 aliphatic carbocycles. The van der Waals surface area contributed by atoms with Gasteiger partial charge in [-0.25, -0.2) is 4.98 Å². The summed E-state index contributed by atoms with van der Waals surface area (Å²) in [5.41, 5.74) is 4.05. The summed E-state index contributed by atoms with van der Waals surface area (Å²) in [5, 5.41) is 3.46. The van der Waals surface area contributed by atoms with Gasteiger partial charge in [0.1, 0.15) is 5.15 Å². The summed E-state index contributed by atoms with van der Waals surface area (Å²) in [6.45, 7) is 4.94. The maximum Gasteiger partial charge on any atom is 0.238 e. The Kier molecular flexibility index (Phi) is 5.52. The highest BCUT2D eigenvalue weighted by Crippen LogP contribution is 2.19. The Bertz CT molecular complexity index is 635. The van der Waals surface area contributed by atoms with Crippen molar-refractivity contribution in [3.63, 3.8) is 0 Å². The number of anilines is 1. The van der Waals surface area contributed by atoms with E-state index in [1.54, 1.807) is 12.3 Å². The van der Waals surface area contributed by atoms with Gasteiger partial charge in [0.2, 0.25) is 5.91 Å². The molecule has 22 heavy (non-hydrogen) atoms. The quantitative estimate of drug-likeness (QED) is 0.859. The normalized spacial score (nSPS) is 10.8. The van der Waals surface area contributed by atoms with E-state index in [0.29, 0.717) is 18.2 Å². The van der Waals surface area contributed by atoms with Crippen molar-refractivity contribution in [3.05, 3.63) is 58.4 Å². The Hall–Kier alpha value is -1.91. The van der Waals surface area contributed by atoms with Crippen molar-refractivity contribution in [1.82, 2.24) is 9.88 Å². The molecule has 1 amide bonds. The zero-order valence-electron chi connectivity index (χ0n) is 13.1. The second-order valence-electron chi connectivity index (χ2n) is 5.48. The monoisotopic (exact) mass is 317 g/mol. The fraction of sp³-hybridized carbons (Fsp3) is 0.294. The molecule has 0 radical (unpaired) electrons. The molecule has 0 bridgehead atoms. The molecule has 0 aliphatic rings. The first-order valence-electron chi connectivity index (χ1n) is 7.11. The lowest BCUT2D eigenvalue weighted by Gasteiger charge is -2.17. The average molecular weight is 318 g/mol. The Balaban J connectivity index is 1.92. The van der Waals surface area contributed by atoms with Gasteiger partial charge >= 0.3 is 0 Å². The number of pyridine rings is 1. The second-order valence-corrected chi connectivity index (χ2v) is 5.86. The molecule has 1 aromatic heterocycles. The van der Waals surface area contributed by atoms with Gasteiger partial charge in [-0.1, -0.05) is 35.9 Å². The van der Waals surface area contributed by atoms with Gasteiger partial charge in [0.15, 0.2) is 0 Å². The van der Waals surface area contributed by atoms with Crippen molar-refractivity contribution in [2.45, 2.75) is 20.4 Å². The number of rotatable bonds is 5. The molecule has 2 rings (SSSR count). The van der Waals surface area contributed by atoms with Crippen LogP contribution in [-0.4, -0.2) is 29.4 Å². The molecule has 2 aromatic rings. The van der Waals surface area contributed by atoms with Gasteiger partial charge in [0, 0.05) is 18.4 Å². The van der Waals surface area contributed by atoms with E-state index in [-0.39, 0.29) is 5.91 Å². The maximum atomic E-state index is 12.2. The molecule has 1 heterocycles. The molecule has 0 fully saturated rings. The largest absolute Gasteiger partial charge is 0.324 e. The summed E-state index contributed by atoms with van der Waals surface area (Å²) in [5.74, 6) is -0.0261. The van der Waals surface area contributed by atoms with Gasteiger partial charge in [-0.15, -0.1) is 0 Å². The van der Waals surface area contributed by atoms with Crippen LogP contribution in [-0.2, 0) is 11.3 Å². The van der Waals surface area contributed by atoms with E-state index < -0.39 is 0 Å². The number of aryl methyl sites for hydroxylation is 2. The first-order valence-corrected chi connectivity index (χ1v) is 7.48. The second kappa shape index (κ2) is 7.38. The lowest BCUT2D eigenvalue weighted by atomic mass is 10.1. The summed E-state index contributed by atoms with van der Waals surface area (Å²) in [6, 6.07) is 9.63. The van der Waals surface area contributed by atoms with Crippen molar-refractivity contribution < 1.29 is 4.79 Å². The lowest BCUT2D eigenvalue weighted by Crippen LogP contribution is -2.30. The van der Waals surface area contributed by atoms with E-state index in [0.717, 1.165) is 22.4 Å². The summed E-state index contributed by atoms with van der Waals surface area (Å²) < 4.78 is 0. The van der Waals surface area contributed by atoms with Crippen LogP contribution in [0.3, 0.4) is 0 Å². The molecule has 1 N–H and O–H groups in total. The summed E-state index contributed by atoms with van der Waals surface area (Å²) >= 11 is 5.76. The number of nitrogens with one attached hydrogen (secondary N) is 1. The molecular weight excluding hydrogens is 298 g/mol. The van der Waals surface area contributed by atoms with Crippen LogP contribution in [0.4, 0.5) is 5.69 Å². The molecule has 0 saturated heterocycles. The number of benzene rings is 1. The third-order valence-electron chi connectivity index (χ3n) is 3.40. The molecule has 5 heteroatoms. The Morgan fingerprint density at radius 2 is 1.91 bits per heavy atom. The minimum Gasteiger partial charge on any atom is -0.324 e. The Labute approximate surface area is 136 Å². The van der Waals surface area contributed by atoms with E-state index in [2.05, 4.69) is 10.3 Å². The van der Waals surface area contributed by atoms with Gasteiger partial charge in [-0.2, -0.15) is 0 Å². The van der Waals surface area contributed by atoms with Crippen molar-refractivity contribution in [3.8, 4) is 0 Å². The van der Waals surface area contributed by atoms with Gasteiger partial charge in [-0.05, 0) is 43.7 Å². The highest BCUT2D eigenvalue weighted by molar-refractivity contribution is 6.29. The summed E-state index contributed by atoms with van der Waals surface area (Å²) in [7, 11) is 1.90. The molecule has 0 unspecified atom stereocenters. The minimum atomic E-state index is -0.0261. The average Bonchev–Trinajstić information content (AvgIpc) is 2.45. The zero-order chi connectivity index (χ0) is 16.1. The number of carbonyl (C=O) groups excluding carboxylic acids is 1. The number of aromatic nitrogens is 1. The van der Waals surface area contributed by atoms with Crippen molar-refractivity contribution >= 4 is 23.2 Å². The molecule has 116 valence electrons. The smallest absolute Gasteiger partial charge is 0.238 e. The molecule has 4 nitrogen and oxygen atoms in total. The van der Waals surface area contributed by atoms with E-state index in [4.69, 9.17) is 11.6 Å². The van der Waals surface area contributed by atoms with Gasteiger partial charge in [0.05, 0.1) is 6.54 Å². The van der Waals surface area contributed by atoms with Crippen LogP contribution >= 0.6 is 11.6 Å². The van der Waals surface area contributed by atoms with Crippen molar-refractivity contribution in [1.29, 1.82) is 0 Å². The van der Waals surface area contributed by atoms with Crippen molar-refractivity contribution in [2.75, 3.05) is 18.9 Å². The third kappa shape index (κ3) is 4.55. The minimum absolute atomic E-state index is 0.0261. The molecule has 1 aromatic carbocycles. The standard InChI is InChI=1S/C17H20ClN3O/c1-12-5-4-6-13(2)17(12)20-16(22)11-21(3)10-14-7-8-15(18)19-9-14/h4-9H,10-11H2,1-3H3,(H,20,22). The number of likely N-dealkylation sites (N-methyl/N-ethyl adjacent to an activating group) is 1. The lowest BCUT2D eigenvalue weighted by molar-refractivity contribution is -0.117. The number of amides is 1. The first kappa shape index (κ1) is 16.5. The zero-order valence-corrected chi connectivity index (χ0v) is 13.8. The number of hydrogen-bond donors (Lipinski definition) is 1. The van der Waals surface area contributed by atoms with Crippen LogP contribution in [0.25, 0.3) is 0 Å². The summed E-state index contributed by atoms with van der Waals surface area (Å²) in [6.07, 6.45) is 1.72. The molecule has 0 aliphatic heterocycles. The molecular formula is C17H20ClN3O. The molecule has 0 atom stereocenters. The van der Waals surface area contributed by atoms with E-state index in [1.807, 2.05) is 50.1 Å². The predicted octanol–water partition coefficient (Wildman–Crippen LogP) is 3.42. The number of para-hydroxylation sites is 1. The fourth-order valence-corrected chi connectivity index (χ4v) is 2.42. The third-order valence-corrected chi connectivity index (χ3v) is 3.62. The maximum absolute atomic E-state index is 12.2. The van der Waals surface area contributed by atoms with Crippen LogP contribution in [0.1, 0.15) is 16.7 Å². The molecule has 0 spiro atoms. The van der Waals surface area contributed by atoms with Gasteiger partial charge < -0.3 is 5.32 Å². The van der Waals surface area contributed by atoms with Crippen LogP contribution in [0.15, 0.2) is 36.5 Å². The van der Waals surface area contributed by atoms with Crippen LogP contribution in [0.2, 0.25) is 5.15 Å². The van der Waals surface area contributed by atoms with E-state index in [9.17, 15) is 4.79 Å². The highest BCUT2D eigenvalue weighted by Gasteiger charge is 2.10. The van der Waals surface area contributed by atoms with E-state index >= 15 is 0 Å².